The molecule has 0 saturated carbocycles. The number of hydrazine groups is 1. The van der Waals surface area contributed by atoms with Crippen molar-refractivity contribution < 1.29 is 19.1 Å². The maximum atomic E-state index is 12.3. The highest BCUT2D eigenvalue weighted by Gasteiger charge is 2.11. The second-order valence-electron chi connectivity index (χ2n) is 7.32. The molecule has 0 unspecified atom stereocenters. The quantitative estimate of drug-likeness (QED) is 0.289. The third-order valence-electron chi connectivity index (χ3n) is 4.89. The Labute approximate surface area is 196 Å². The Kier molecular flexibility index (Phi) is 8.92. The van der Waals surface area contributed by atoms with Gasteiger partial charge in [0.1, 0.15) is 11.5 Å². The van der Waals surface area contributed by atoms with E-state index in [1.807, 2.05) is 30.3 Å². The molecule has 0 saturated heterocycles. The van der Waals surface area contributed by atoms with Crippen molar-refractivity contribution in [3.8, 4) is 11.5 Å². The average molecular weight is 499 g/mol. The first kappa shape index (κ1) is 23.6. The smallest absolute Gasteiger partial charge is 0.276 e. The predicted octanol–water partition coefficient (Wildman–Crippen LogP) is 5.40. The number of ether oxygens (including phenoxy) is 2. The van der Waals surface area contributed by atoms with Crippen molar-refractivity contribution in [3.05, 3.63) is 70.7 Å². The first-order valence-electron chi connectivity index (χ1n) is 10.7. The van der Waals surface area contributed by atoms with Gasteiger partial charge in [0.15, 0.2) is 6.61 Å². The Morgan fingerprint density at radius 3 is 2.44 bits per heavy atom. The molecule has 0 aromatic heterocycles. The molecule has 0 aliphatic carbocycles. The molecule has 0 heterocycles. The van der Waals surface area contributed by atoms with Crippen LogP contribution in [-0.2, 0) is 4.79 Å². The average Bonchev–Trinajstić information content (AvgIpc) is 2.82. The number of rotatable bonds is 10. The zero-order chi connectivity index (χ0) is 22.8. The lowest BCUT2D eigenvalue weighted by Gasteiger charge is -2.11. The molecule has 0 fully saturated rings. The number of carbonyl (C=O) groups excluding carboxylic acids is 2. The molecule has 0 bridgehead atoms. The van der Waals surface area contributed by atoms with Crippen LogP contribution in [0, 0.1) is 0 Å². The van der Waals surface area contributed by atoms with Gasteiger partial charge < -0.3 is 9.47 Å². The van der Waals surface area contributed by atoms with Crippen LogP contribution in [0.3, 0.4) is 0 Å². The first-order chi connectivity index (χ1) is 15.6. The summed E-state index contributed by atoms with van der Waals surface area (Å²) in [7, 11) is 0. The molecular formula is C25H27BrN2O4. The van der Waals surface area contributed by atoms with Crippen molar-refractivity contribution in [2.24, 2.45) is 0 Å². The van der Waals surface area contributed by atoms with Crippen LogP contribution in [0.15, 0.2) is 65.1 Å². The van der Waals surface area contributed by atoms with Gasteiger partial charge in [0.05, 0.1) is 11.1 Å². The normalized spacial score (nSPS) is 10.6. The van der Waals surface area contributed by atoms with Gasteiger partial charge in [0, 0.05) is 5.56 Å². The van der Waals surface area contributed by atoms with Crippen molar-refractivity contribution in [3.63, 3.8) is 0 Å². The third-order valence-corrected chi connectivity index (χ3v) is 5.70. The number of amides is 2. The van der Waals surface area contributed by atoms with Gasteiger partial charge >= 0.3 is 0 Å². The lowest BCUT2D eigenvalue weighted by Crippen LogP contribution is -2.43. The molecule has 168 valence electrons. The highest BCUT2D eigenvalue weighted by Crippen LogP contribution is 2.32. The molecule has 6 nitrogen and oxygen atoms in total. The maximum absolute atomic E-state index is 12.3. The number of hydrogen-bond donors (Lipinski definition) is 2. The first-order valence-corrected chi connectivity index (χ1v) is 11.5. The van der Waals surface area contributed by atoms with Crippen LogP contribution in [-0.4, -0.2) is 25.0 Å². The molecule has 0 spiro atoms. The molecule has 2 N–H and O–H groups in total. The fourth-order valence-corrected chi connectivity index (χ4v) is 3.73. The van der Waals surface area contributed by atoms with E-state index in [0.29, 0.717) is 17.9 Å². The fourth-order valence-electron chi connectivity index (χ4n) is 3.12. The molecule has 0 aliphatic heterocycles. The van der Waals surface area contributed by atoms with Gasteiger partial charge in [-0.2, -0.15) is 0 Å². The number of halogens is 1. The summed E-state index contributed by atoms with van der Waals surface area (Å²) in [6, 6.07) is 18.4. The highest BCUT2D eigenvalue weighted by atomic mass is 79.9. The second kappa shape index (κ2) is 12.1. The Bertz CT molecular complexity index is 1050. The summed E-state index contributed by atoms with van der Waals surface area (Å²) in [6.45, 7) is 2.60. The van der Waals surface area contributed by atoms with Crippen LogP contribution < -0.4 is 20.3 Å². The second-order valence-corrected chi connectivity index (χ2v) is 8.12. The summed E-state index contributed by atoms with van der Waals surface area (Å²) in [4.78, 5) is 24.3. The summed E-state index contributed by atoms with van der Waals surface area (Å²) in [5.74, 6) is 0.386. The van der Waals surface area contributed by atoms with E-state index in [-0.39, 0.29) is 6.61 Å². The minimum Gasteiger partial charge on any atom is -0.494 e. The molecule has 2 amide bonds. The number of fused-ring (bicyclic) bond motifs is 1. The molecular weight excluding hydrogens is 472 g/mol. The lowest BCUT2D eigenvalue weighted by molar-refractivity contribution is -0.123. The van der Waals surface area contributed by atoms with E-state index in [4.69, 9.17) is 9.47 Å². The van der Waals surface area contributed by atoms with Crippen LogP contribution in [0.4, 0.5) is 0 Å². The van der Waals surface area contributed by atoms with E-state index >= 15 is 0 Å². The van der Waals surface area contributed by atoms with E-state index in [9.17, 15) is 9.59 Å². The number of benzene rings is 3. The number of hydrogen-bond acceptors (Lipinski definition) is 4. The monoisotopic (exact) mass is 498 g/mol. The van der Waals surface area contributed by atoms with Crippen LogP contribution in [0.1, 0.15) is 43.0 Å². The number of unbranched alkanes of at least 4 members (excludes halogenated alkanes) is 3. The third kappa shape index (κ3) is 6.72. The van der Waals surface area contributed by atoms with Crippen molar-refractivity contribution in [1.29, 1.82) is 0 Å². The van der Waals surface area contributed by atoms with Crippen molar-refractivity contribution in [1.82, 2.24) is 10.9 Å². The van der Waals surface area contributed by atoms with Crippen LogP contribution in [0.5, 0.6) is 11.5 Å². The minimum absolute atomic E-state index is 0.234. The zero-order valence-corrected chi connectivity index (χ0v) is 19.6. The van der Waals surface area contributed by atoms with Crippen molar-refractivity contribution in [2.45, 2.75) is 32.6 Å². The molecule has 32 heavy (non-hydrogen) atoms. The summed E-state index contributed by atoms with van der Waals surface area (Å²) in [5.41, 5.74) is 5.18. The van der Waals surface area contributed by atoms with Crippen LogP contribution in [0.25, 0.3) is 10.8 Å². The molecule has 3 aromatic carbocycles. The zero-order valence-electron chi connectivity index (χ0n) is 18.0. The Hall–Kier alpha value is -3.06. The highest BCUT2D eigenvalue weighted by molar-refractivity contribution is 9.10. The topological polar surface area (TPSA) is 76.7 Å². The predicted molar refractivity (Wildman–Crippen MR) is 129 cm³/mol. The summed E-state index contributed by atoms with van der Waals surface area (Å²) in [6.07, 6.45) is 4.56. The largest absolute Gasteiger partial charge is 0.494 e. The molecule has 3 aromatic rings. The standard InChI is InChI=1S/C25H27BrN2O4/c1-2-3-4-7-16-31-20-13-10-19(11-14-20)25(30)28-27-23(29)17-32-22-15-12-18-8-5-6-9-21(18)24(22)26/h5-6,8-15H,2-4,7,16-17H2,1H3,(H,27,29)(H,28,30). The van der Waals surface area contributed by atoms with Gasteiger partial charge in [0.25, 0.3) is 11.8 Å². The number of nitrogens with one attached hydrogen (secondary N) is 2. The Morgan fingerprint density at radius 2 is 1.66 bits per heavy atom. The van der Waals surface area contributed by atoms with Crippen molar-refractivity contribution in [2.75, 3.05) is 13.2 Å². The summed E-state index contributed by atoms with van der Waals surface area (Å²) >= 11 is 3.52. The van der Waals surface area contributed by atoms with Gasteiger partial charge in [-0.25, -0.2) is 0 Å². The van der Waals surface area contributed by atoms with Crippen molar-refractivity contribution >= 4 is 38.5 Å². The molecule has 0 radical (unpaired) electrons. The lowest BCUT2D eigenvalue weighted by atomic mass is 10.1. The molecule has 0 aliphatic rings. The molecule has 0 atom stereocenters. The van der Waals surface area contributed by atoms with Gasteiger partial charge in [-0.15, -0.1) is 0 Å². The van der Waals surface area contributed by atoms with Crippen LogP contribution in [0.2, 0.25) is 0 Å². The maximum Gasteiger partial charge on any atom is 0.276 e. The minimum atomic E-state index is -0.467. The van der Waals surface area contributed by atoms with Gasteiger partial charge in [0.2, 0.25) is 0 Å². The van der Waals surface area contributed by atoms with E-state index in [1.54, 1.807) is 30.3 Å². The molecule has 3 rings (SSSR count). The van der Waals surface area contributed by atoms with E-state index in [1.165, 1.54) is 12.8 Å². The van der Waals surface area contributed by atoms with Gasteiger partial charge in [-0.05, 0) is 63.5 Å². The van der Waals surface area contributed by atoms with E-state index in [0.717, 1.165) is 33.8 Å². The SMILES string of the molecule is CCCCCCOc1ccc(C(=O)NNC(=O)COc2ccc3ccccc3c2Br)cc1. The van der Waals surface area contributed by atoms with E-state index in [2.05, 4.69) is 33.7 Å². The van der Waals surface area contributed by atoms with Crippen LogP contribution >= 0.6 is 15.9 Å². The van der Waals surface area contributed by atoms with Gasteiger partial charge in [-0.1, -0.05) is 56.5 Å². The van der Waals surface area contributed by atoms with E-state index < -0.39 is 11.8 Å². The number of carbonyl (C=O) groups is 2. The summed E-state index contributed by atoms with van der Waals surface area (Å²) < 4.78 is 12.0. The van der Waals surface area contributed by atoms with Gasteiger partial charge in [-0.3, -0.25) is 20.4 Å². The summed E-state index contributed by atoms with van der Waals surface area (Å²) in [5, 5.41) is 2.06. The molecule has 7 heteroatoms. The Morgan fingerprint density at radius 1 is 0.875 bits per heavy atom. The Balaban J connectivity index is 1.43. The fraction of sp³-hybridized carbons (Fsp3) is 0.280.